The second-order valence-corrected chi connectivity index (χ2v) is 11.0. The molecule has 0 bridgehead atoms. The van der Waals surface area contributed by atoms with Crippen molar-refractivity contribution in [3.05, 3.63) is 144 Å². The van der Waals surface area contributed by atoms with Crippen molar-refractivity contribution >= 4 is 23.5 Å². The van der Waals surface area contributed by atoms with Crippen molar-refractivity contribution in [2.75, 3.05) is 23.0 Å². The van der Waals surface area contributed by atoms with E-state index in [1.807, 2.05) is 121 Å². The monoisotopic (exact) mass is 934 g/mol. The molecule has 0 aliphatic heterocycles. The zero-order valence-corrected chi connectivity index (χ0v) is 31.7. The van der Waals surface area contributed by atoms with E-state index >= 15 is 0 Å². The predicted molar refractivity (Wildman–Crippen MR) is 177 cm³/mol. The fraction of sp³-hybridized carbons (Fsp3) is 0.333. The molecule has 0 radical (unpaired) electrons. The molecule has 0 spiro atoms. The summed E-state index contributed by atoms with van der Waals surface area (Å²) in [6.45, 7) is 17.0. The normalized spacial score (nSPS) is 8.20. The van der Waals surface area contributed by atoms with Crippen molar-refractivity contribution in [3.63, 3.8) is 0 Å². The van der Waals surface area contributed by atoms with Gasteiger partial charge in [-0.3, -0.25) is 0 Å². The molecule has 0 saturated heterocycles. The molecule has 224 valence electrons. The molecule has 0 amide bonds. The van der Waals surface area contributed by atoms with E-state index in [9.17, 15) is 0 Å². The zero-order chi connectivity index (χ0) is 28.7. The number of benzene rings is 4. The Balaban J connectivity index is -0.000000194. The Bertz CT molecular complexity index is 775. The molecule has 4 aromatic rings. The molecule has 0 saturated carbocycles. The average molecular weight is 935 g/mol. The van der Waals surface area contributed by atoms with Crippen LogP contribution in [-0.2, 0) is 42.1 Å². The Morgan fingerprint density at radius 3 is 0.575 bits per heavy atom. The van der Waals surface area contributed by atoms with Gasteiger partial charge in [-0.15, -0.1) is 0 Å². The summed E-state index contributed by atoms with van der Waals surface area (Å²) in [5.41, 5.74) is 5.16. The van der Waals surface area contributed by atoms with E-state index in [2.05, 4.69) is 79.7 Å². The van der Waals surface area contributed by atoms with E-state index in [-0.39, 0.29) is 42.1 Å². The molecule has 0 aliphatic rings. The molecule has 0 aromatic heterocycles. The van der Waals surface area contributed by atoms with Crippen LogP contribution in [0.1, 0.15) is 49.9 Å². The Morgan fingerprint density at radius 1 is 0.375 bits per heavy atom. The first kappa shape index (κ1) is 45.9. The standard InChI is InChI=1S/4C7H7.2C4H10S.2Pt/c4*1-7-5-3-2-4-6-7;2*1-3-5-4-2;;/h4*3-6H,1H3;2*3-4H2,1-2H3;;/q4*-1;;;2*+2. The average Bonchev–Trinajstić information content (AvgIpc) is 2.93. The van der Waals surface area contributed by atoms with Gasteiger partial charge in [-0.2, -0.15) is 167 Å². The SMILES string of the molecule is CCSCC.CCSCC.Cc1cc[c-]cc1.Cc1cc[c-]cc1.Cc1cc[c-]cc1.Cc1cc[c-]cc1.[Pt+2].[Pt+2]. The molecular formula is C36H48Pt2S2. The first-order valence-corrected chi connectivity index (χ1v) is 15.6. The summed E-state index contributed by atoms with van der Waals surface area (Å²) >= 11 is 3.93. The molecule has 4 aromatic carbocycles. The molecule has 0 fully saturated rings. The van der Waals surface area contributed by atoms with E-state index in [4.69, 9.17) is 0 Å². The second kappa shape index (κ2) is 38.0. The first-order valence-electron chi connectivity index (χ1n) is 13.3. The number of hydrogen-bond donors (Lipinski definition) is 0. The minimum Gasteiger partial charge on any atom is -0.184 e. The van der Waals surface area contributed by atoms with Crippen molar-refractivity contribution in [2.45, 2.75) is 55.4 Å². The van der Waals surface area contributed by atoms with Crippen molar-refractivity contribution in [3.8, 4) is 0 Å². The van der Waals surface area contributed by atoms with Crippen molar-refractivity contribution in [2.24, 2.45) is 0 Å². The fourth-order valence-electron chi connectivity index (χ4n) is 2.29. The van der Waals surface area contributed by atoms with Crippen LogP contribution >= 0.6 is 23.5 Å². The summed E-state index contributed by atoms with van der Waals surface area (Å²) < 4.78 is 0. The van der Waals surface area contributed by atoms with Gasteiger partial charge in [-0.05, 0) is 23.0 Å². The summed E-state index contributed by atoms with van der Waals surface area (Å²) in [5, 5.41) is 0. The molecule has 0 N–H and O–H groups in total. The third-order valence-electron chi connectivity index (χ3n) is 4.36. The Kier molecular flexibility index (Phi) is 43.6. The van der Waals surface area contributed by atoms with Gasteiger partial charge >= 0.3 is 42.1 Å². The van der Waals surface area contributed by atoms with Gasteiger partial charge in [0.2, 0.25) is 0 Å². The van der Waals surface area contributed by atoms with Crippen LogP contribution in [0.25, 0.3) is 0 Å². The van der Waals surface area contributed by atoms with E-state index in [0.29, 0.717) is 0 Å². The van der Waals surface area contributed by atoms with Gasteiger partial charge in [0.05, 0.1) is 0 Å². The van der Waals surface area contributed by atoms with Crippen LogP contribution in [0.5, 0.6) is 0 Å². The Hall–Kier alpha value is -1.04. The van der Waals surface area contributed by atoms with E-state index in [0.717, 1.165) is 0 Å². The minimum absolute atomic E-state index is 0. The minimum atomic E-state index is 0. The molecule has 0 nitrogen and oxygen atoms in total. The zero-order valence-electron chi connectivity index (χ0n) is 25.5. The third kappa shape index (κ3) is 39.1. The largest absolute Gasteiger partial charge is 2.00 e. The van der Waals surface area contributed by atoms with Crippen molar-refractivity contribution in [1.29, 1.82) is 0 Å². The van der Waals surface area contributed by atoms with Crippen LogP contribution in [0.3, 0.4) is 0 Å². The molecule has 4 rings (SSSR count). The van der Waals surface area contributed by atoms with Gasteiger partial charge in [0.1, 0.15) is 0 Å². The predicted octanol–water partition coefficient (Wildman–Crippen LogP) is 10.7. The number of aryl methyl sites for hydroxylation is 4. The molecule has 0 aliphatic carbocycles. The van der Waals surface area contributed by atoms with E-state index in [1.54, 1.807) is 0 Å². The number of hydrogen-bond acceptors (Lipinski definition) is 2. The quantitative estimate of drug-likeness (QED) is 0.187. The topological polar surface area (TPSA) is 0 Å². The van der Waals surface area contributed by atoms with Crippen LogP contribution in [0.4, 0.5) is 0 Å². The van der Waals surface area contributed by atoms with Crippen LogP contribution in [-0.4, -0.2) is 23.0 Å². The van der Waals surface area contributed by atoms with Crippen LogP contribution < -0.4 is 0 Å². The Morgan fingerprint density at radius 2 is 0.525 bits per heavy atom. The third-order valence-corrected chi connectivity index (χ3v) is 5.99. The maximum absolute atomic E-state index is 2.93. The summed E-state index contributed by atoms with van der Waals surface area (Å²) in [6.07, 6.45) is 0. The number of thioether (sulfide) groups is 2. The molecule has 0 heterocycles. The van der Waals surface area contributed by atoms with Crippen molar-refractivity contribution < 1.29 is 42.1 Å². The second-order valence-electron chi connectivity index (χ2n) is 7.87. The van der Waals surface area contributed by atoms with Gasteiger partial charge in [-0.1, -0.05) is 55.4 Å². The molecule has 40 heavy (non-hydrogen) atoms. The van der Waals surface area contributed by atoms with Gasteiger partial charge in [-0.25, -0.2) is 0 Å². The van der Waals surface area contributed by atoms with Gasteiger partial charge in [0.15, 0.2) is 0 Å². The van der Waals surface area contributed by atoms with Crippen molar-refractivity contribution in [1.82, 2.24) is 0 Å². The van der Waals surface area contributed by atoms with Gasteiger partial charge in [0.25, 0.3) is 0 Å². The summed E-state index contributed by atoms with van der Waals surface area (Å²) in [5.74, 6) is 5.04. The maximum atomic E-state index is 2.93. The fourth-order valence-corrected chi connectivity index (χ4v) is 3.11. The smallest absolute Gasteiger partial charge is 0.184 e. The molecular weight excluding hydrogens is 887 g/mol. The molecule has 4 heteroatoms. The van der Waals surface area contributed by atoms with Gasteiger partial charge < -0.3 is 0 Å². The summed E-state index contributed by atoms with van der Waals surface area (Å²) in [6, 6.07) is 43.3. The maximum Gasteiger partial charge on any atom is 2.00 e. The molecule has 0 atom stereocenters. The molecule has 0 unspecified atom stereocenters. The summed E-state index contributed by atoms with van der Waals surface area (Å²) in [4.78, 5) is 0. The van der Waals surface area contributed by atoms with E-state index < -0.39 is 0 Å². The van der Waals surface area contributed by atoms with Crippen LogP contribution in [0.2, 0.25) is 0 Å². The van der Waals surface area contributed by atoms with Crippen LogP contribution in [0, 0.1) is 52.0 Å². The Labute approximate surface area is 285 Å². The first-order chi connectivity index (χ1) is 18.4. The van der Waals surface area contributed by atoms with Crippen LogP contribution in [0.15, 0.2) is 97.1 Å². The van der Waals surface area contributed by atoms with Gasteiger partial charge in [0, 0.05) is 0 Å². The number of rotatable bonds is 4. The summed E-state index contributed by atoms with van der Waals surface area (Å²) in [7, 11) is 0. The van der Waals surface area contributed by atoms with E-state index in [1.165, 1.54) is 45.3 Å².